The van der Waals surface area contributed by atoms with Crippen molar-refractivity contribution in [2.75, 3.05) is 25.1 Å². The molecule has 1 saturated carbocycles. The van der Waals surface area contributed by atoms with Crippen molar-refractivity contribution in [1.82, 2.24) is 10.2 Å². The van der Waals surface area contributed by atoms with Crippen LogP contribution in [0.4, 0.5) is 5.69 Å². The lowest BCUT2D eigenvalue weighted by Gasteiger charge is -2.35. The molecule has 50 heavy (non-hydrogen) atoms. The Morgan fingerprint density at radius 3 is 2.18 bits per heavy atom. The summed E-state index contributed by atoms with van der Waals surface area (Å²) in [7, 11) is -1.31. The summed E-state index contributed by atoms with van der Waals surface area (Å²) in [6.07, 6.45) is 5.21. The molecule has 0 spiro atoms. The molecule has 11 heteroatoms. The van der Waals surface area contributed by atoms with Crippen molar-refractivity contribution in [1.29, 1.82) is 0 Å². The van der Waals surface area contributed by atoms with Crippen molar-refractivity contribution in [3.8, 4) is 11.5 Å². The SMILES string of the molecule is COc1ccc(N(CC(=O)N(Cc2cccc(Br)c2)[C@@H](Cc2ccccc2)C(=O)NC2CCCCC2)S(=O)(=O)c2ccc(C)cc2)cc1OC. The highest BCUT2D eigenvalue weighted by Gasteiger charge is 2.35. The molecule has 1 atom stereocenters. The van der Waals surface area contributed by atoms with Gasteiger partial charge in [0.1, 0.15) is 12.6 Å². The number of methoxy groups -OCH3 is 2. The van der Waals surface area contributed by atoms with Gasteiger partial charge in [-0.25, -0.2) is 8.42 Å². The van der Waals surface area contributed by atoms with E-state index in [1.807, 2.05) is 61.5 Å². The number of ether oxygens (including phenoxy) is 2. The van der Waals surface area contributed by atoms with Crippen molar-refractivity contribution < 1.29 is 27.5 Å². The third-order valence-corrected chi connectivity index (χ3v) is 11.3. The molecule has 0 unspecified atom stereocenters. The number of hydrogen-bond acceptors (Lipinski definition) is 6. The van der Waals surface area contributed by atoms with Crippen LogP contribution in [0.3, 0.4) is 0 Å². The van der Waals surface area contributed by atoms with Crippen LogP contribution in [0, 0.1) is 6.92 Å². The van der Waals surface area contributed by atoms with Gasteiger partial charge in [0.25, 0.3) is 10.0 Å². The van der Waals surface area contributed by atoms with Crippen molar-refractivity contribution >= 4 is 43.5 Å². The van der Waals surface area contributed by atoms with Crippen molar-refractivity contribution in [3.63, 3.8) is 0 Å². The Kier molecular flexibility index (Phi) is 12.6. The molecule has 4 aromatic carbocycles. The molecule has 1 aliphatic rings. The normalized spacial score (nSPS) is 14.0. The summed E-state index contributed by atoms with van der Waals surface area (Å²) in [5, 5.41) is 3.24. The summed E-state index contributed by atoms with van der Waals surface area (Å²) in [5.41, 5.74) is 2.78. The maximum Gasteiger partial charge on any atom is 0.264 e. The Morgan fingerprint density at radius 1 is 0.840 bits per heavy atom. The lowest BCUT2D eigenvalue weighted by atomic mass is 9.94. The van der Waals surface area contributed by atoms with Crippen LogP contribution in [0.15, 0.2) is 106 Å². The van der Waals surface area contributed by atoms with Gasteiger partial charge in [0.2, 0.25) is 11.8 Å². The quantitative estimate of drug-likeness (QED) is 0.148. The van der Waals surface area contributed by atoms with Crippen LogP contribution in [-0.2, 0) is 32.6 Å². The van der Waals surface area contributed by atoms with Gasteiger partial charge in [0, 0.05) is 29.5 Å². The van der Waals surface area contributed by atoms with Crippen molar-refractivity contribution in [3.05, 3.63) is 118 Å². The second kappa shape index (κ2) is 17.0. The minimum atomic E-state index is -4.27. The second-order valence-corrected chi connectivity index (χ2v) is 15.3. The molecule has 5 rings (SSSR count). The van der Waals surface area contributed by atoms with E-state index in [0.717, 1.165) is 57.6 Å². The largest absolute Gasteiger partial charge is 0.493 e. The Hall–Kier alpha value is -4.35. The van der Waals surface area contributed by atoms with Gasteiger partial charge in [-0.2, -0.15) is 0 Å². The molecule has 264 valence electrons. The maximum atomic E-state index is 14.8. The number of anilines is 1. The summed E-state index contributed by atoms with van der Waals surface area (Å²) in [4.78, 5) is 30.7. The Balaban J connectivity index is 1.59. The first-order valence-electron chi connectivity index (χ1n) is 16.8. The van der Waals surface area contributed by atoms with Gasteiger partial charge in [-0.3, -0.25) is 13.9 Å². The van der Waals surface area contributed by atoms with E-state index >= 15 is 0 Å². The van der Waals surface area contributed by atoms with Gasteiger partial charge in [0.15, 0.2) is 11.5 Å². The summed E-state index contributed by atoms with van der Waals surface area (Å²) in [6.45, 7) is 1.39. The predicted molar refractivity (Wildman–Crippen MR) is 199 cm³/mol. The number of sulfonamides is 1. The first kappa shape index (κ1) is 36.9. The molecule has 2 amide bonds. The Morgan fingerprint density at radius 2 is 1.52 bits per heavy atom. The zero-order valence-corrected chi connectivity index (χ0v) is 31.1. The molecule has 0 aliphatic heterocycles. The van der Waals surface area contributed by atoms with Gasteiger partial charge in [-0.1, -0.05) is 95.4 Å². The number of rotatable bonds is 14. The van der Waals surface area contributed by atoms with E-state index in [1.165, 1.54) is 37.3 Å². The summed E-state index contributed by atoms with van der Waals surface area (Å²) < 4.78 is 41.7. The van der Waals surface area contributed by atoms with Gasteiger partial charge >= 0.3 is 0 Å². The molecule has 0 radical (unpaired) electrons. The van der Waals surface area contributed by atoms with Crippen LogP contribution < -0.4 is 19.1 Å². The molecule has 4 aromatic rings. The minimum Gasteiger partial charge on any atom is -0.493 e. The van der Waals surface area contributed by atoms with Crippen molar-refractivity contribution in [2.24, 2.45) is 0 Å². The third kappa shape index (κ3) is 9.25. The number of nitrogens with one attached hydrogen (secondary N) is 1. The summed E-state index contributed by atoms with van der Waals surface area (Å²) in [6, 6.07) is 27.4. The fourth-order valence-electron chi connectivity index (χ4n) is 6.28. The highest BCUT2D eigenvalue weighted by molar-refractivity contribution is 9.10. The first-order valence-corrected chi connectivity index (χ1v) is 19.0. The zero-order valence-electron chi connectivity index (χ0n) is 28.7. The van der Waals surface area contributed by atoms with E-state index in [9.17, 15) is 18.0 Å². The number of carbonyl (C=O) groups is 2. The smallest absolute Gasteiger partial charge is 0.264 e. The Labute approximate surface area is 303 Å². The molecular formula is C39H44BrN3O6S. The van der Waals surface area contributed by atoms with Crippen molar-refractivity contribution in [2.45, 2.75) is 69.0 Å². The van der Waals surface area contributed by atoms with E-state index < -0.39 is 28.5 Å². The van der Waals surface area contributed by atoms with E-state index in [2.05, 4.69) is 21.2 Å². The minimum absolute atomic E-state index is 0.0162. The molecule has 1 fully saturated rings. The lowest BCUT2D eigenvalue weighted by molar-refractivity contribution is -0.140. The monoisotopic (exact) mass is 761 g/mol. The van der Waals surface area contributed by atoms with Gasteiger partial charge < -0.3 is 19.7 Å². The van der Waals surface area contributed by atoms with Crippen LogP contribution in [0.2, 0.25) is 0 Å². The number of aryl methyl sites for hydroxylation is 1. The second-order valence-electron chi connectivity index (χ2n) is 12.6. The number of amides is 2. The Bertz CT molecular complexity index is 1860. The van der Waals surface area contributed by atoms with Crippen LogP contribution >= 0.6 is 15.9 Å². The molecule has 0 saturated heterocycles. The van der Waals surface area contributed by atoms with Crippen LogP contribution in [-0.4, -0.2) is 58.0 Å². The number of benzene rings is 4. The number of nitrogens with zero attached hydrogens (tertiary/aromatic N) is 2. The molecule has 0 heterocycles. The molecule has 0 bridgehead atoms. The fraction of sp³-hybridized carbons (Fsp3) is 0.333. The van der Waals surface area contributed by atoms with E-state index in [1.54, 1.807) is 24.3 Å². The zero-order chi connectivity index (χ0) is 35.7. The molecular weight excluding hydrogens is 718 g/mol. The van der Waals surface area contributed by atoms with Gasteiger partial charge in [-0.05, 0) is 67.3 Å². The average molecular weight is 763 g/mol. The first-order chi connectivity index (χ1) is 24.1. The molecule has 1 aliphatic carbocycles. The van der Waals surface area contributed by atoms with E-state index in [0.29, 0.717) is 11.5 Å². The van der Waals surface area contributed by atoms with E-state index in [4.69, 9.17) is 9.47 Å². The van der Waals surface area contributed by atoms with Crippen LogP contribution in [0.5, 0.6) is 11.5 Å². The van der Waals surface area contributed by atoms with Gasteiger partial charge in [0.05, 0.1) is 24.8 Å². The maximum absolute atomic E-state index is 14.8. The molecule has 1 N–H and O–H groups in total. The summed E-state index contributed by atoms with van der Waals surface area (Å²) >= 11 is 3.54. The molecule has 9 nitrogen and oxygen atoms in total. The number of carbonyl (C=O) groups excluding carboxylic acids is 2. The average Bonchev–Trinajstić information content (AvgIpc) is 3.12. The highest BCUT2D eigenvalue weighted by atomic mass is 79.9. The fourth-order valence-corrected chi connectivity index (χ4v) is 8.13. The lowest BCUT2D eigenvalue weighted by Crippen LogP contribution is -2.55. The van der Waals surface area contributed by atoms with Crippen LogP contribution in [0.25, 0.3) is 0 Å². The highest BCUT2D eigenvalue weighted by Crippen LogP contribution is 2.34. The number of hydrogen-bond donors (Lipinski definition) is 1. The van der Waals surface area contributed by atoms with E-state index in [-0.39, 0.29) is 35.5 Å². The predicted octanol–water partition coefficient (Wildman–Crippen LogP) is 7.06. The third-order valence-electron chi connectivity index (χ3n) is 9.01. The number of halogens is 1. The van der Waals surface area contributed by atoms with Gasteiger partial charge in [-0.15, -0.1) is 0 Å². The summed E-state index contributed by atoms with van der Waals surface area (Å²) in [5.74, 6) is -0.0754. The molecule has 0 aromatic heterocycles. The van der Waals surface area contributed by atoms with Crippen LogP contribution in [0.1, 0.15) is 48.8 Å². The standard InChI is InChI=1S/C39H44BrN3O6S/c1-28-17-20-34(21-18-28)50(46,47)43(33-19-22-36(48-2)37(25-33)49-3)27-38(44)42(26-30-13-10-14-31(40)23-30)35(24-29-11-6-4-7-12-29)39(45)41-32-15-8-5-9-16-32/h4,6-7,10-14,17-23,25,32,35H,5,8-9,15-16,24,26-27H2,1-3H3,(H,41,45)/t35-/m0/s1. The topological polar surface area (TPSA) is 105 Å².